The Balaban J connectivity index is 2.13. The summed E-state index contributed by atoms with van der Waals surface area (Å²) >= 11 is 0. The Morgan fingerprint density at radius 2 is 1.77 bits per heavy atom. The molecule has 0 bridgehead atoms. The number of benzene rings is 2. The summed E-state index contributed by atoms with van der Waals surface area (Å²) in [6, 6.07) is 10.5. The van der Waals surface area contributed by atoms with Crippen molar-refractivity contribution in [2.45, 2.75) is 12.7 Å². The van der Waals surface area contributed by atoms with Crippen LogP contribution in [0.25, 0.3) is 0 Å². The number of amides is 1. The van der Waals surface area contributed by atoms with E-state index in [2.05, 4.69) is 5.32 Å². The van der Waals surface area contributed by atoms with Gasteiger partial charge >= 0.3 is 0 Å². The highest BCUT2D eigenvalue weighted by molar-refractivity contribution is 7.89. The Morgan fingerprint density at radius 3 is 2.32 bits per heavy atom. The van der Waals surface area contributed by atoms with Crippen LogP contribution in [0.1, 0.15) is 21.5 Å². The van der Waals surface area contributed by atoms with Gasteiger partial charge in [-0.3, -0.25) is 4.79 Å². The van der Waals surface area contributed by atoms with E-state index in [4.69, 9.17) is 0 Å². The average Bonchev–Trinajstić information content (AvgIpc) is 2.41. The smallest absolute Gasteiger partial charge is 0.255 e. The molecule has 2 aromatic carbocycles. The van der Waals surface area contributed by atoms with Crippen molar-refractivity contribution in [3.8, 4) is 0 Å². The maximum atomic E-state index is 13.0. The summed E-state index contributed by atoms with van der Waals surface area (Å²) in [5.41, 5.74) is 2.19. The van der Waals surface area contributed by atoms with E-state index in [9.17, 15) is 17.6 Å². The van der Waals surface area contributed by atoms with E-state index in [0.717, 1.165) is 6.26 Å². The summed E-state index contributed by atoms with van der Waals surface area (Å²) in [6.45, 7) is 1.70. The standard InChI is InChI=1S/C16H16FNO3S/c1-11-9-14(17)7-8-15(11)18-16(19)13-5-3-12(4-6-13)10-22(2,20)21/h3-9H,10H2,1-2H3,(H,18,19). The second-order valence-electron chi connectivity index (χ2n) is 5.18. The number of halogens is 1. The predicted octanol–water partition coefficient (Wildman–Crippen LogP) is 2.93. The fourth-order valence-electron chi connectivity index (χ4n) is 2.02. The lowest BCUT2D eigenvalue weighted by molar-refractivity contribution is 0.102. The molecule has 0 radical (unpaired) electrons. The minimum absolute atomic E-state index is 0.0635. The number of hydrogen-bond acceptors (Lipinski definition) is 3. The molecule has 0 aliphatic heterocycles. The highest BCUT2D eigenvalue weighted by atomic mass is 32.2. The van der Waals surface area contributed by atoms with Gasteiger partial charge in [0.2, 0.25) is 0 Å². The van der Waals surface area contributed by atoms with Gasteiger partial charge in [-0.05, 0) is 48.4 Å². The Hall–Kier alpha value is -2.21. The van der Waals surface area contributed by atoms with Crippen molar-refractivity contribution in [2.75, 3.05) is 11.6 Å². The fourth-order valence-corrected chi connectivity index (χ4v) is 2.81. The molecular weight excluding hydrogens is 305 g/mol. The first-order chi connectivity index (χ1) is 10.2. The van der Waals surface area contributed by atoms with Gasteiger partial charge in [-0.25, -0.2) is 12.8 Å². The first-order valence-corrected chi connectivity index (χ1v) is 8.65. The third-order valence-corrected chi connectivity index (χ3v) is 3.94. The molecular formula is C16H16FNO3S. The minimum Gasteiger partial charge on any atom is -0.322 e. The van der Waals surface area contributed by atoms with Crippen LogP contribution in [-0.2, 0) is 15.6 Å². The number of carbonyl (C=O) groups excluding carboxylic acids is 1. The van der Waals surface area contributed by atoms with Crippen LogP contribution in [0, 0.1) is 12.7 Å². The van der Waals surface area contributed by atoms with Crippen molar-refractivity contribution in [1.82, 2.24) is 0 Å². The molecule has 0 aliphatic carbocycles. The lowest BCUT2D eigenvalue weighted by Gasteiger charge is -2.09. The van der Waals surface area contributed by atoms with E-state index in [-0.39, 0.29) is 17.5 Å². The maximum absolute atomic E-state index is 13.0. The molecule has 6 heteroatoms. The number of rotatable bonds is 4. The molecule has 22 heavy (non-hydrogen) atoms. The molecule has 0 aliphatic rings. The second-order valence-corrected chi connectivity index (χ2v) is 7.32. The van der Waals surface area contributed by atoms with Crippen LogP contribution in [0.3, 0.4) is 0 Å². The minimum atomic E-state index is -3.10. The lowest BCUT2D eigenvalue weighted by atomic mass is 10.1. The number of anilines is 1. The van der Waals surface area contributed by atoms with Gasteiger partial charge in [0.1, 0.15) is 5.82 Å². The highest BCUT2D eigenvalue weighted by Gasteiger charge is 2.10. The van der Waals surface area contributed by atoms with Crippen molar-refractivity contribution in [3.05, 3.63) is 65.0 Å². The molecule has 0 unspecified atom stereocenters. The Morgan fingerprint density at radius 1 is 1.14 bits per heavy atom. The van der Waals surface area contributed by atoms with Gasteiger partial charge < -0.3 is 5.32 Å². The lowest BCUT2D eigenvalue weighted by Crippen LogP contribution is -2.13. The fraction of sp³-hybridized carbons (Fsp3) is 0.188. The van der Waals surface area contributed by atoms with Crippen molar-refractivity contribution >= 4 is 21.4 Å². The summed E-state index contributed by atoms with van der Waals surface area (Å²) in [6.07, 6.45) is 1.16. The van der Waals surface area contributed by atoms with Gasteiger partial charge in [0.15, 0.2) is 9.84 Å². The van der Waals surface area contributed by atoms with Crippen LogP contribution in [0.5, 0.6) is 0 Å². The van der Waals surface area contributed by atoms with Gasteiger partial charge in [-0.1, -0.05) is 12.1 Å². The Kier molecular flexibility index (Phi) is 4.61. The Labute approximate surface area is 128 Å². The summed E-state index contributed by atoms with van der Waals surface area (Å²) in [7, 11) is -3.10. The van der Waals surface area contributed by atoms with Crippen molar-refractivity contribution in [3.63, 3.8) is 0 Å². The summed E-state index contributed by atoms with van der Waals surface area (Å²) in [5.74, 6) is -0.757. The van der Waals surface area contributed by atoms with Crippen LogP contribution >= 0.6 is 0 Å². The molecule has 116 valence electrons. The van der Waals surface area contributed by atoms with E-state index in [1.807, 2.05) is 0 Å². The molecule has 1 amide bonds. The molecule has 0 heterocycles. The molecule has 4 nitrogen and oxygen atoms in total. The highest BCUT2D eigenvalue weighted by Crippen LogP contribution is 2.17. The van der Waals surface area contributed by atoms with Gasteiger partial charge in [0.05, 0.1) is 5.75 Å². The maximum Gasteiger partial charge on any atom is 0.255 e. The number of hydrogen-bond donors (Lipinski definition) is 1. The van der Waals surface area contributed by atoms with E-state index in [1.165, 1.54) is 18.2 Å². The molecule has 2 aromatic rings. The zero-order valence-electron chi connectivity index (χ0n) is 12.3. The first-order valence-electron chi connectivity index (χ1n) is 6.59. The SMILES string of the molecule is Cc1cc(F)ccc1NC(=O)c1ccc(CS(C)(=O)=O)cc1. The van der Waals surface area contributed by atoms with Gasteiger partial charge in [-0.2, -0.15) is 0 Å². The molecule has 1 N–H and O–H groups in total. The predicted molar refractivity (Wildman–Crippen MR) is 84.1 cm³/mol. The largest absolute Gasteiger partial charge is 0.322 e. The first kappa shape index (κ1) is 16.2. The normalized spacial score (nSPS) is 11.2. The molecule has 0 aromatic heterocycles. The van der Waals surface area contributed by atoms with Crippen molar-refractivity contribution < 1.29 is 17.6 Å². The van der Waals surface area contributed by atoms with Crippen molar-refractivity contribution in [1.29, 1.82) is 0 Å². The van der Waals surface area contributed by atoms with Crippen LogP contribution < -0.4 is 5.32 Å². The zero-order valence-corrected chi connectivity index (χ0v) is 13.1. The third kappa shape index (κ3) is 4.39. The number of carbonyl (C=O) groups is 1. The molecule has 0 atom stereocenters. The van der Waals surface area contributed by atoms with Crippen LogP contribution in [0.4, 0.5) is 10.1 Å². The van der Waals surface area contributed by atoms with Crippen LogP contribution in [0.2, 0.25) is 0 Å². The van der Waals surface area contributed by atoms with Crippen LogP contribution in [0.15, 0.2) is 42.5 Å². The van der Waals surface area contributed by atoms with Crippen molar-refractivity contribution in [2.24, 2.45) is 0 Å². The van der Waals surface area contributed by atoms with Gasteiger partial charge in [0.25, 0.3) is 5.91 Å². The zero-order chi connectivity index (χ0) is 16.3. The Bertz CT molecular complexity index is 799. The topological polar surface area (TPSA) is 63.2 Å². The third-order valence-electron chi connectivity index (χ3n) is 3.08. The molecule has 0 fully saturated rings. The number of nitrogens with one attached hydrogen (secondary N) is 1. The van der Waals surface area contributed by atoms with Gasteiger partial charge in [-0.15, -0.1) is 0 Å². The van der Waals surface area contributed by atoms with E-state index >= 15 is 0 Å². The summed E-state index contributed by atoms with van der Waals surface area (Å²) < 4.78 is 35.5. The summed E-state index contributed by atoms with van der Waals surface area (Å²) in [5, 5.41) is 2.70. The molecule has 0 saturated heterocycles. The van der Waals surface area contributed by atoms with Crippen LogP contribution in [-0.4, -0.2) is 20.6 Å². The van der Waals surface area contributed by atoms with Gasteiger partial charge in [0, 0.05) is 17.5 Å². The quantitative estimate of drug-likeness (QED) is 0.942. The molecule has 0 saturated carbocycles. The van der Waals surface area contributed by atoms with E-state index in [1.54, 1.807) is 31.2 Å². The second kappa shape index (κ2) is 6.27. The monoisotopic (exact) mass is 321 g/mol. The molecule has 2 rings (SSSR count). The average molecular weight is 321 g/mol. The van der Waals surface area contributed by atoms with E-state index in [0.29, 0.717) is 22.4 Å². The van der Waals surface area contributed by atoms with E-state index < -0.39 is 9.84 Å². The summed E-state index contributed by atoms with van der Waals surface area (Å²) in [4.78, 5) is 12.1. The number of aryl methyl sites for hydroxylation is 1. The molecule has 0 spiro atoms. The number of sulfone groups is 1.